The maximum atomic E-state index is 12.0. The van der Waals surface area contributed by atoms with Gasteiger partial charge in [0.1, 0.15) is 0 Å². The van der Waals surface area contributed by atoms with E-state index in [0.717, 1.165) is 4.88 Å². The summed E-state index contributed by atoms with van der Waals surface area (Å²) in [7, 11) is 1.55. The minimum absolute atomic E-state index is 0.117. The van der Waals surface area contributed by atoms with Gasteiger partial charge in [0.2, 0.25) is 5.91 Å². The van der Waals surface area contributed by atoms with E-state index in [-0.39, 0.29) is 17.5 Å². The third kappa shape index (κ3) is 8.10. The van der Waals surface area contributed by atoms with E-state index in [1.807, 2.05) is 17.5 Å². The molecule has 10 heteroatoms. The van der Waals surface area contributed by atoms with Gasteiger partial charge in [0.15, 0.2) is 0 Å². The maximum Gasteiger partial charge on any atom is 0.321 e. The van der Waals surface area contributed by atoms with E-state index in [4.69, 9.17) is 16.3 Å². The summed E-state index contributed by atoms with van der Waals surface area (Å²) in [6.07, 6.45) is 0.710. The second-order valence-corrected chi connectivity index (χ2v) is 7.37. The number of rotatable bonds is 10. The molecule has 156 valence electrons. The molecule has 8 nitrogen and oxygen atoms in total. The fraction of sp³-hybridized carbons (Fsp3) is 0.316. The molecule has 4 N–H and O–H groups in total. The lowest BCUT2D eigenvalue weighted by Crippen LogP contribution is -2.42. The molecule has 1 aromatic carbocycles. The van der Waals surface area contributed by atoms with E-state index in [1.165, 1.54) is 0 Å². The molecule has 0 fully saturated rings. The number of urea groups is 1. The molecular formula is C19H23ClN4O4S. The number of thiophene rings is 1. The molecule has 0 spiro atoms. The summed E-state index contributed by atoms with van der Waals surface area (Å²) in [5, 5.41) is 12.6. The standard InChI is InChI=1S/C19H23ClN4O4S/c1-28-9-8-21-18(26)15-5-4-13(11-16(15)20)23-12-17(25)24-19(27)22-7-6-14-3-2-10-29-14/h2-5,10-11,23H,6-9,12H2,1H3,(H,21,26)(H2,22,24,25,27). The van der Waals surface area contributed by atoms with E-state index in [2.05, 4.69) is 21.3 Å². The van der Waals surface area contributed by atoms with E-state index in [1.54, 1.807) is 36.6 Å². The van der Waals surface area contributed by atoms with E-state index in [9.17, 15) is 14.4 Å². The van der Waals surface area contributed by atoms with E-state index < -0.39 is 11.9 Å². The van der Waals surface area contributed by atoms with Crippen LogP contribution in [0.15, 0.2) is 35.7 Å². The number of carbonyl (C=O) groups is 3. The molecule has 0 atom stereocenters. The zero-order valence-electron chi connectivity index (χ0n) is 15.9. The highest BCUT2D eigenvalue weighted by molar-refractivity contribution is 7.09. The molecule has 0 unspecified atom stereocenters. The van der Waals surface area contributed by atoms with Crippen LogP contribution in [-0.4, -0.2) is 51.2 Å². The molecule has 0 saturated carbocycles. The second kappa shape index (κ2) is 12.1. The van der Waals surface area contributed by atoms with Crippen LogP contribution < -0.4 is 21.3 Å². The Morgan fingerprint density at radius 2 is 1.97 bits per heavy atom. The molecule has 0 aliphatic heterocycles. The summed E-state index contributed by atoms with van der Waals surface area (Å²) < 4.78 is 4.87. The number of amides is 4. The summed E-state index contributed by atoms with van der Waals surface area (Å²) in [5.74, 6) is -0.799. The second-order valence-electron chi connectivity index (χ2n) is 5.93. The molecule has 4 amide bonds. The summed E-state index contributed by atoms with van der Waals surface area (Å²) in [6.45, 7) is 1.10. The van der Waals surface area contributed by atoms with Crippen molar-refractivity contribution in [2.24, 2.45) is 0 Å². The Labute approximate surface area is 178 Å². The first-order valence-corrected chi connectivity index (χ1v) is 10.2. The Kier molecular flexibility index (Phi) is 9.42. The van der Waals surface area contributed by atoms with Crippen molar-refractivity contribution in [3.8, 4) is 0 Å². The van der Waals surface area contributed by atoms with Gasteiger partial charge in [0.25, 0.3) is 5.91 Å². The number of ether oxygens (including phenoxy) is 1. The Morgan fingerprint density at radius 3 is 2.66 bits per heavy atom. The van der Waals surface area contributed by atoms with Gasteiger partial charge in [-0.25, -0.2) is 4.79 Å². The first-order valence-electron chi connectivity index (χ1n) is 8.90. The monoisotopic (exact) mass is 438 g/mol. The first kappa shape index (κ1) is 22.7. The lowest BCUT2D eigenvalue weighted by molar-refractivity contribution is -0.118. The fourth-order valence-corrected chi connectivity index (χ4v) is 3.30. The maximum absolute atomic E-state index is 12.0. The largest absolute Gasteiger partial charge is 0.383 e. The lowest BCUT2D eigenvalue weighted by Gasteiger charge is -2.10. The Bertz CT molecular complexity index is 830. The van der Waals surface area contributed by atoms with Gasteiger partial charge in [-0.3, -0.25) is 14.9 Å². The van der Waals surface area contributed by atoms with Gasteiger partial charge in [-0.1, -0.05) is 17.7 Å². The molecule has 0 saturated heterocycles. The van der Waals surface area contributed by atoms with Crippen LogP contribution in [0.25, 0.3) is 0 Å². The third-order valence-corrected chi connectivity index (χ3v) is 5.00. The lowest BCUT2D eigenvalue weighted by atomic mass is 10.2. The number of methoxy groups -OCH3 is 1. The number of nitrogens with one attached hydrogen (secondary N) is 4. The van der Waals surface area contributed by atoms with Crippen molar-refractivity contribution < 1.29 is 19.1 Å². The molecule has 0 aliphatic rings. The van der Waals surface area contributed by atoms with Gasteiger partial charge >= 0.3 is 6.03 Å². The average Bonchev–Trinajstić information content (AvgIpc) is 3.20. The van der Waals surface area contributed by atoms with Crippen LogP contribution in [0.2, 0.25) is 5.02 Å². The normalized spacial score (nSPS) is 10.3. The molecule has 29 heavy (non-hydrogen) atoms. The van der Waals surface area contributed by atoms with Crippen molar-refractivity contribution in [3.63, 3.8) is 0 Å². The third-order valence-electron chi connectivity index (χ3n) is 3.75. The van der Waals surface area contributed by atoms with Crippen molar-refractivity contribution in [1.82, 2.24) is 16.0 Å². The van der Waals surface area contributed by atoms with Crippen LogP contribution in [-0.2, 0) is 16.0 Å². The number of carbonyl (C=O) groups excluding carboxylic acids is 3. The molecule has 2 rings (SSSR count). The van der Waals surface area contributed by atoms with Gasteiger partial charge < -0.3 is 20.7 Å². The minimum atomic E-state index is -0.547. The number of hydrogen-bond donors (Lipinski definition) is 4. The predicted molar refractivity (Wildman–Crippen MR) is 114 cm³/mol. The van der Waals surface area contributed by atoms with E-state index in [0.29, 0.717) is 37.4 Å². The molecule has 1 aromatic heterocycles. The molecule has 2 aromatic rings. The minimum Gasteiger partial charge on any atom is -0.383 e. The van der Waals surface area contributed by atoms with Crippen LogP contribution in [0.5, 0.6) is 0 Å². The van der Waals surface area contributed by atoms with Gasteiger partial charge in [-0.2, -0.15) is 0 Å². The van der Waals surface area contributed by atoms with Gasteiger partial charge in [0, 0.05) is 30.8 Å². The SMILES string of the molecule is COCCNC(=O)c1ccc(NCC(=O)NC(=O)NCCc2cccs2)cc1Cl. The van der Waals surface area contributed by atoms with Crippen molar-refractivity contribution in [2.45, 2.75) is 6.42 Å². The highest BCUT2D eigenvalue weighted by Gasteiger charge is 2.11. The summed E-state index contributed by atoms with van der Waals surface area (Å²) in [6, 6.07) is 8.12. The van der Waals surface area contributed by atoms with Crippen LogP contribution in [0.4, 0.5) is 10.5 Å². The van der Waals surface area contributed by atoms with Crippen molar-refractivity contribution in [2.75, 3.05) is 38.7 Å². The van der Waals surface area contributed by atoms with Crippen LogP contribution in [0.1, 0.15) is 15.2 Å². The van der Waals surface area contributed by atoms with Crippen LogP contribution in [0, 0.1) is 0 Å². The highest BCUT2D eigenvalue weighted by Crippen LogP contribution is 2.20. The number of imide groups is 1. The summed E-state index contributed by atoms with van der Waals surface area (Å²) in [5.41, 5.74) is 0.875. The molecular weight excluding hydrogens is 416 g/mol. The fourth-order valence-electron chi connectivity index (χ4n) is 2.32. The average molecular weight is 439 g/mol. The number of halogens is 1. The zero-order chi connectivity index (χ0) is 21.1. The van der Waals surface area contributed by atoms with Crippen molar-refractivity contribution >= 4 is 46.5 Å². The van der Waals surface area contributed by atoms with Crippen LogP contribution >= 0.6 is 22.9 Å². The Hall–Kier alpha value is -2.62. The first-order chi connectivity index (χ1) is 14.0. The molecule has 0 bridgehead atoms. The molecule has 0 aliphatic carbocycles. The molecule has 1 heterocycles. The van der Waals surface area contributed by atoms with Gasteiger partial charge in [0.05, 0.1) is 23.7 Å². The number of benzene rings is 1. The van der Waals surface area contributed by atoms with E-state index >= 15 is 0 Å². The van der Waals surface area contributed by atoms with Crippen LogP contribution in [0.3, 0.4) is 0 Å². The Balaban J connectivity index is 1.72. The number of hydrogen-bond acceptors (Lipinski definition) is 6. The summed E-state index contributed by atoms with van der Waals surface area (Å²) >= 11 is 7.75. The smallest absolute Gasteiger partial charge is 0.321 e. The number of anilines is 1. The highest BCUT2D eigenvalue weighted by atomic mass is 35.5. The van der Waals surface area contributed by atoms with Crippen molar-refractivity contribution in [3.05, 3.63) is 51.2 Å². The Morgan fingerprint density at radius 1 is 1.14 bits per heavy atom. The summed E-state index contributed by atoms with van der Waals surface area (Å²) in [4.78, 5) is 36.8. The van der Waals surface area contributed by atoms with Gasteiger partial charge in [-0.15, -0.1) is 11.3 Å². The molecule has 0 radical (unpaired) electrons. The van der Waals surface area contributed by atoms with Crippen molar-refractivity contribution in [1.29, 1.82) is 0 Å². The predicted octanol–water partition coefficient (Wildman–Crippen LogP) is 2.26. The quantitative estimate of drug-likeness (QED) is 0.425. The zero-order valence-corrected chi connectivity index (χ0v) is 17.5. The van der Waals surface area contributed by atoms with Gasteiger partial charge in [-0.05, 0) is 36.1 Å². The topological polar surface area (TPSA) is 109 Å².